The van der Waals surface area contributed by atoms with Crippen molar-refractivity contribution < 1.29 is 4.39 Å². The van der Waals surface area contributed by atoms with Gasteiger partial charge in [0.2, 0.25) is 0 Å². The number of halogens is 2. The minimum Gasteiger partial charge on any atom is -0.206 e. The largest absolute Gasteiger partial charge is 0.206 e. The highest BCUT2D eigenvalue weighted by molar-refractivity contribution is 9.10. The molecule has 21 heavy (non-hydrogen) atoms. The molecule has 3 aromatic rings. The van der Waals surface area contributed by atoms with E-state index >= 15 is 0 Å². The molecule has 0 saturated heterocycles. The van der Waals surface area contributed by atoms with Crippen LogP contribution in [-0.4, -0.2) is 0 Å². The van der Waals surface area contributed by atoms with Crippen LogP contribution in [0, 0.1) is 5.82 Å². The normalized spacial score (nSPS) is 10.8. The monoisotopic (exact) mass is 358 g/mol. The molecule has 0 nitrogen and oxygen atoms in total. The standard InChI is InChI=1S/C18H13BrFP/c19-16-12-7-13-17(20)18(16)21(14-8-3-1-4-9-14)15-10-5-2-6-11-15/h1-13H. The van der Waals surface area contributed by atoms with E-state index in [2.05, 4.69) is 40.2 Å². The lowest BCUT2D eigenvalue weighted by Crippen LogP contribution is -2.23. The van der Waals surface area contributed by atoms with Crippen LogP contribution in [0.4, 0.5) is 4.39 Å². The van der Waals surface area contributed by atoms with Crippen molar-refractivity contribution in [2.45, 2.75) is 0 Å². The predicted molar refractivity (Wildman–Crippen MR) is 92.8 cm³/mol. The molecule has 0 aliphatic heterocycles. The van der Waals surface area contributed by atoms with Gasteiger partial charge in [-0.25, -0.2) is 4.39 Å². The molecule has 0 bridgehead atoms. The van der Waals surface area contributed by atoms with E-state index in [-0.39, 0.29) is 5.82 Å². The van der Waals surface area contributed by atoms with Crippen molar-refractivity contribution in [3.8, 4) is 0 Å². The quantitative estimate of drug-likeness (QED) is 0.610. The second-order valence-electron chi connectivity index (χ2n) is 4.58. The molecule has 104 valence electrons. The lowest BCUT2D eigenvalue weighted by molar-refractivity contribution is 0.636. The lowest BCUT2D eigenvalue weighted by Gasteiger charge is -2.21. The van der Waals surface area contributed by atoms with Crippen LogP contribution in [0.1, 0.15) is 0 Å². The van der Waals surface area contributed by atoms with Gasteiger partial charge < -0.3 is 0 Å². The van der Waals surface area contributed by atoms with Crippen molar-refractivity contribution in [3.05, 3.63) is 89.2 Å². The number of hydrogen-bond donors (Lipinski definition) is 0. The lowest BCUT2D eigenvalue weighted by atomic mass is 10.3. The molecule has 0 fully saturated rings. The molecule has 0 aromatic heterocycles. The fourth-order valence-electron chi connectivity index (χ4n) is 2.26. The third kappa shape index (κ3) is 3.07. The molecule has 0 spiro atoms. The number of hydrogen-bond acceptors (Lipinski definition) is 0. The second-order valence-corrected chi connectivity index (χ2v) is 7.58. The zero-order chi connectivity index (χ0) is 14.7. The molecule has 0 aliphatic rings. The summed E-state index contributed by atoms with van der Waals surface area (Å²) in [6.45, 7) is 0. The molecule has 0 saturated carbocycles. The molecule has 0 N–H and O–H groups in total. The minimum absolute atomic E-state index is 0.164. The third-order valence-electron chi connectivity index (χ3n) is 3.19. The molecular weight excluding hydrogens is 346 g/mol. The SMILES string of the molecule is Fc1cccc(Br)c1P(c1ccccc1)c1ccccc1. The van der Waals surface area contributed by atoms with Crippen molar-refractivity contribution in [3.63, 3.8) is 0 Å². The van der Waals surface area contributed by atoms with Crippen molar-refractivity contribution in [2.24, 2.45) is 0 Å². The molecule has 0 heterocycles. The van der Waals surface area contributed by atoms with Crippen LogP contribution in [0.5, 0.6) is 0 Å². The average molecular weight is 359 g/mol. The smallest absolute Gasteiger partial charge is 0.132 e. The maximum atomic E-state index is 14.5. The Balaban J connectivity index is 2.23. The van der Waals surface area contributed by atoms with Gasteiger partial charge in [-0.3, -0.25) is 0 Å². The van der Waals surface area contributed by atoms with Gasteiger partial charge >= 0.3 is 0 Å². The van der Waals surface area contributed by atoms with E-state index in [1.807, 2.05) is 42.5 Å². The first kappa shape index (κ1) is 14.4. The molecule has 0 unspecified atom stereocenters. The average Bonchev–Trinajstić information content (AvgIpc) is 2.53. The van der Waals surface area contributed by atoms with Crippen molar-refractivity contribution >= 4 is 39.8 Å². The third-order valence-corrected chi connectivity index (χ3v) is 6.69. The molecule has 0 atom stereocenters. The highest BCUT2D eigenvalue weighted by atomic mass is 79.9. The number of rotatable bonds is 3. The summed E-state index contributed by atoms with van der Waals surface area (Å²) in [6.07, 6.45) is 0. The van der Waals surface area contributed by atoms with E-state index in [0.717, 1.165) is 20.4 Å². The van der Waals surface area contributed by atoms with Gasteiger partial charge in [-0.2, -0.15) is 0 Å². The van der Waals surface area contributed by atoms with E-state index in [4.69, 9.17) is 0 Å². The summed E-state index contributed by atoms with van der Waals surface area (Å²) in [6, 6.07) is 25.4. The molecule has 3 rings (SSSR count). The summed E-state index contributed by atoms with van der Waals surface area (Å²) in [4.78, 5) is 0. The molecule has 0 radical (unpaired) electrons. The Hall–Kier alpha value is -1.50. The summed E-state index contributed by atoms with van der Waals surface area (Å²) in [5, 5.41) is 3.03. The van der Waals surface area contributed by atoms with Crippen LogP contribution < -0.4 is 15.9 Å². The van der Waals surface area contributed by atoms with Crippen LogP contribution in [0.25, 0.3) is 0 Å². The van der Waals surface area contributed by atoms with Gasteiger partial charge in [-0.05, 0) is 30.7 Å². The van der Waals surface area contributed by atoms with Gasteiger partial charge in [0.15, 0.2) is 0 Å². The first-order valence-corrected chi connectivity index (χ1v) is 8.75. The first-order chi connectivity index (χ1) is 10.3. The zero-order valence-electron chi connectivity index (χ0n) is 11.2. The van der Waals surface area contributed by atoms with Gasteiger partial charge in [-0.1, -0.05) is 82.7 Å². The summed E-state index contributed by atoms with van der Waals surface area (Å²) in [5.41, 5.74) is 0. The van der Waals surface area contributed by atoms with Gasteiger partial charge in [-0.15, -0.1) is 0 Å². The molecule has 0 aliphatic carbocycles. The van der Waals surface area contributed by atoms with E-state index < -0.39 is 7.92 Å². The van der Waals surface area contributed by atoms with Crippen LogP contribution in [0.3, 0.4) is 0 Å². The molecule has 0 amide bonds. The molecule has 3 heteroatoms. The van der Waals surface area contributed by atoms with Gasteiger partial charge in [0, 0.05) is 9.78 Å². The van der Waals surface area contributed by atoms with E-state index in [1.54, 1.807) is 6.07 Å². The Labute approximate surface area is 133 Å². The van der Waals surface area contributed by atoms with Crippen LogP contribution in [0.2, 0.25) is 0 Å². The minimum atomic E-state index is -0.910. The Bertz CT molecular complexity index is 669. The van der Waals surface area contributed by atoms with E-state index in [0.29, 0.717) is 0 Å². The highest BCUT2D eigenvalue weighted by Gasteiger charge is 2.21. The Morgan fingerprint density at radius 2 is 1.19 bits per heavy atom. The zero-order valence-corrected chi connectivity index (χ0v) is 13.7. The molecular formula is C18H13BrFP. The Kier molecular flexibility index (Phi) is 4.48. The highest BCUT2D eigenvalue weighted by Crippen LogP contribution is 2.36. The second kappa shape index (κ2) is 6.51. The van der Waals surface area contributed by atoms with Crippen LogP contribution in [0.15, 0.2) is 83.3 Å². The van der Waals surface area contributed by atoms with Gasteiger partial charge in [0.25, 0.3) is 0 Å². The maximum absolute atomic E-state index is 14.5. The summed E-state index contributed by atoms with van der Waals surface area (Å²) < 4.78 is 15.3. The maximum Gasteiger partial charge on any atom is 0.132 e. The Morgan fingerprint density at radius 1 is 0.667 bits per heavy atom. The fourth-order valence-corrected chi connectivity index (χ4v) is 5.47. The predicted octanol–water partition coefficient (Wildman–Crippen LogP) is 4.35. The first-order valence-electron chi connectivity index (χ1n) is 6.61. The number of benzene rings is 3. The Morgan fingerprint density at radius 3 is 1.67 bits per heavy atom. The fraction of sp³-hybridized carbons (Fsp3) is 0. The van der Waals surface area contributed by atoms with Crippen LogP contribution >= 0.6 is 23.9 Å². The summed E-state index contributed by atoms with van der Waals surface area (Å²) in [5.74, 6) is -0.164. The van der Waals surface area contributed by atoms with Crippen molar-refractivity contribution in [2.75, 3.05) is 0 Å². The van der Waals surface area contributed by atoms with Gasteiger partial charge in [0.1, 0.15) is 5.82 Å². The summed E-state index contributed by atoms with van der Waals surface area (Å²) in [7, 11) is -0.910. The van der Waals surface area contributed by atoms with E-state index in [9.17, 15) is 4.39 Å². The van der Waals surface area contributed by atoms with Crippen molar-refractivity contribution in [1.29, 1.82) is 0 Å². The van der Waals surface area contributed by atoms with Crippen molar-refractivity contribution in [1.82, 2.24) is 0 Å². The topological polar surface area (TPSA) is 0 Å². The van der Waals surface area contributed by atoms with E-state index in [1.165, 1.54) is 6.07 Å². The van der Waals surface area contributed by atoms with Crippen LogP contribution in [-0.2, 0) is 0 Å². The summed E-state index contributed by atoms with van der Waals surface area (Å²) >= 11 is 3.52. The van der Waals surface area contributed by atoms with Gasteiger partial charge in [0.05, 0.1) is 0 Å². The molecule has 3 aromatic carbocycles.